The van der Waals surface area contributed by atoms with Gasteiger partial charge >= 0.3 is 0 Å². The lowest BCUT2D eigenvalue weighted by Gasteiger charge is -2.14. The second-order valence-corrected chi connectivity index (χ2v) is 4.79. The molecular weight excluding hydrogens is 220 g/mol. The molecule has 0 heterocycles. The van der Waals surface area contributed by atoms with Crippen molar-refractivity contribution in [3.05, 3.63) is 33.9 Å². The maximum Gasteiger partial charge on any atom is 0.292 e. The van der Waals surface area contributed by atoms with E-state index in [0.717, 1.165) is 18.4 Å². The standard InChI is InChI=1S/C12H16N2O3/c1-9-2-3-11(14(16)17)10(6-9)13-7-12(8-15)4-5-12/h2-3,6,13,15H,4-5,7-8H2,1H3. The summed E-state index contributed by atoms with van der Waals surface area (Å²) in [4.78, 5) is 10.5. The lowest BCUT2D eigenvalue weighted by molar-refractivity contribution is -0.384. The summed E-state index contributed by atoms with van der Waals surface area (Å²) < 4.78 is 0. The highest BCUT2D eigenvalue weighted by Gasteiger charge is 2.41. The van der Waals surface area contributed by atoms with Gasteiger partial charge in [0.05, 0.1) is 11.5 Å². The van der Waals surface area contributed by atoms with Gasteiger partial charge in [0.2, 0.25) is 0 Å². The Bertz CT molecular complexity index is 441. The SMILES string of the molecule is Cc1ccc([N+](=O)[O-])c(NCC2(CO)CC2)c1. The number of nitro groups is 1. The fourth-order valence-corrected chi connectivity index (χ4v) is 1.80. The van der Waals surface area contributed by atoms with Crippen LogP contribution in [0.5, 0.6) is 0 Å². The third kappa shape index (κ3) is 2.55. The van der Waals surface area contributed by atoms with E-state index in [1.54, 1.807) is 12.1 Å². The van der Waals surface area contributed by atoms with Crippen LogP contribution in [0.1, 0.15) is 18.4 Å². The summed E-state index contributed by atoms with van der Waals surface area (Å²) in [5, 5.41) is 23.1. The monoisotopic (exact) mass is 236 g/mol. The predicted octanol–water partition coefficient (Wildman–Crippen LogP) is 2.09. The highest BCUT2D eigenvalue weighted by Crippen LogP contribution is 2.45. The molecule has 0 saturated heterocycles. The number of aliphatic hydroxyl groups excluding tert-OH is 1. The molecule has 1 fully saturated rings. The van der Waals surface area contributed by atoms with Crippen LogP contribution >= 0.6 is 0 Å². The smallest absolute Gasteiger partial charge is 0.292 e. The molecule has 0 spiro atoms. The summed E-state index contributed by atoms with van der Waals surface area (Å²) in [6.07, 6.45) is 1.96. The first-order valence-corrected chi connectivity index (χ1v) is 5.66. The van der Waals surface area contributed by atoms with E-state index in [4.69, 9.17) is 0 Å². The summed E-state index contributed by atoms with van der Waals surface area (Å²) in [6.45, 7) is 2.63. The van der Waals surface area contributed by atoms with Gasteiger partial charge < -0.3 is 10.4 Å². The zero-order valence-corrected chi connectivity index (χ0v) is 9.77. The van der Waals surface area contributed by atoms with Crippen LogP contribution in [0, 0.1) is 22.5 Å². The summed E-state index contributed by atoms with van der Waals surface area (Å²) in [6, 6.07) is 5.00. The van der Waals surface area contributed by atoms with Gasteiger partial charge in [0.1, 0.15) is 5.69 Å². The minimum absolute atomic E-state index is 0.0579. The highest BCUT2D eigenvalue weighted by atomic mass is 16.6. The Balaban J connectivity index is 2.13. The first kappa shape index (κ1) is 11.9. The molecule has 92 valence electrons. The Morgan fingerprint density at radius 2 is 2.24 bits per heavy atom. The van der Waals surface area contributed by atoms with Crippen molar-refractivity contribution in [2.24, 2.45) is 5.41 Å². The molecule has 17 heavy (non-hydrogen) atoms. The van der Waals surface area contributed by atoms with Crippen LogP contribution in [-0.2, 0) is 0 Å². The molecule has 1 aromatic rings. The average Bonchev–Trinajstić information content (AvgIpc) is 3.07. The molecule has 0 radical (unpaired) electrons. The maximum atomic E-state index is 10.9. The van der Waals surface area contributed by atoms with Crippen LogP contribution in [0.2, 0.25) is 0 Å². The van der Waals surface area contributed by atoms with Crippen molar-refractivity contribution >= 4 is 11.4 Å². The molecule has 2 rings (SSSR count). The second-order valence-electron chi connectivity index (χ2n) is 4.79. The van der Waals surface area contributed by atoms with Crippen LogP contribution < -0.4 is 5.32 Å². The summed E-state index contributed by atoms with van der Waals surface area (Å²) >= 11 is 0. The quantitative estimate of drug-likeness (QED) is 0.606. The zero-order valence-electron chi connectivity index (χ0n) is 9.77. The predicted molar refractivity (Wildman–Crippen MR) is 65.1 cm³/mol. The molecule has 0 aliphatic heterocycles. The van der Waals surface area contributed by atoms with Crippen LogP contribution in [0.25, 0.3) is 0 Å². The Morgan fingerprint density at radius 3 is 2.76 bits per heavy atom. The minimum atomic E-state index is -0.389. The summed E-state index contributed by atoms with van der Waals surface area (Å²) in [5.41, 5.74) is 1.54. The minimum Gasteiger partial charge on any atom is -0.396 e. The first-order valence-electron chi connectivity index (χ1n) is 5.66. The molecule has 0 bridgehead atoms. The van der Waals surface area contributed by atoms with Crippen molar-refractivity contribution in [1.82, 2.24) is 0 Å². The van der Waals surface area contributed by atoms with Gasteiger partial charge in [0, 0.05) is 18.0 Å². The molecule has 0 unspecified atom stereocenters. The fourth-order valence-electron chi connectivity index (χ4n) is 1.80. The van der Waals surface area contributed by atoms with Crippen molar-refractivity contribution in [2.45, 2.75) is 19.8 Å². The number of aliphatic hydroxyl groups is 1. The molecule has 1 aliphatic rings. The van der Waals surface area contributed by atoms with Gasteiger partial charge in [0.15, 0.2) is 0 Å². The molecule has 1 saturated carbocycles. The number of anilines is 1. The van der Waals surface area contributed by atoms with Gasteiger partial charge in [-0.1, -0.05) is 6.07 Å². The van der Waals surface area contributed by atoms with E-state index in [1.807, 2.05) is 6.92 Å². The second kappa shape index (κ2) is 4.33. The van der Waals surface area contributed by atoms with Crippen molar-refractivity contribution in [3.8, 4) is 0 Å². The molecule has 0 atom stereocenters. The third-order valence-corrected chi connectivity index (χ3v) is 3.30. The number of nitrogens with zero attached hydrogens (tertiary/aromatic N) is 1. The van der Waals surface area contributed by atoms with Gasteiger partial charge in [-0.2, -0.15) is 0 Å². The lowest BCUT2D eigenvalue weighted by atomic mass is 10.1. The molecular formula is C12H16N2O3. The largest absolute Gasteiger partial charge is 0.396 e. The lowest BCUT2D eigenvalue weighted by Crippen LogP contribution is -2.19. The van der Waals surface area contributed by atoms with E-state index in [1.165, 1.54) is 6.07 Å². The number of rotatable bonds is 5. The van der Waals surface area contributed by atoms with E-state index in [2.05, 4.69) is 5.32 Å². The number of hydrogen-bond acceptors (Lipinski definition) is 4. The molecule has 2 N–H and O–H groups in total. The number of hydrogen-bond donors (Lipinski definition) is 2. The molecule has 5 nitrogen and oxygen atoms in total. The molecule has 1 aromatic carbocycles. The van der Waals surface area contributed by atoms with Gasteiger partial charge in [-0.15, -0.1) is 0 Å². The zero-order chi connectivity index (χ0) is 12.5. The van der Waals surface area contributed by atoms with Gasteiger partial charge in [-0.05, 0) is 31.4 Å². The molecule has 1 aliphatic carbocycles. The van der Waals surface area contributed by atoms with Crippen molar-refractivity contribution < 1.29 is 10.0 Å². The normalized spacial score (nSPS) is 16.6. The number of nitro benzene ring substituents is 1. The maximum absolute atomic E-state index is 10.9. The third-order valence-electron chi connectivity index (χ3n) is 3.30. The van der Waals surface area contributed by atoms with E-state index in [9.17, 15) is 15.2 Å². The van der Waals surface area contributed by atoms with Gasteiger partial charge in [-0.25, -0.2) is 0 Å². The Kier molecular flexibility index (Phi) is 3.02. The highest BCUT2D eigenvalue weighted by molar-refractivity contribution is 5.62. The number of nitrogens with one attached hydrogen (secondary N) is 1. The van der Waals surface area contributed by atoms with E-state index in [-0.39, 0.29) is 22.6 Å². The van der Waals surface area contributed by atoms with Crippen molar-refractivity contribution in [3.63, 3.8) is 0 Å². The Hall–Kier alpha value is -1.62. The number of benzene rings is 1. The Morgan fingerprint density at radius 1 is 1.53 bits per heavy atom. The van der Waals surface area contributed by atoms with E-state index in [0.29, 0.717) is 12.2 Å². The van der Waals surface area contributed by atoms with Crippen LogP contribution in [0.4, 0.5) is 11.4 Å². The van der Waals surface area contributed by atoms with Crippen LogP contribution in [0.15, 0.2) is 18.2 Å². The van der Waals surface area contributed by atoms with E-state index < -0.39 is 0 Å². The Labute approximate surface area is 99.6 Å². The van der Waals surface area contributed by atoms with Crippen LogP contribution in [0.3, 0.4) is 0 Å². The molecule has 0 amide bonds. The van der Waals surface area contributed by atoms with Gasteiger partial charge in [-0.3, -0.25) is 10.1 Å². The average molecular weight is 236 g/mol. The van der Waals surface area contributed by atoms with Crippen LogP contribution in [-0.4, -0.2) is 23.2 Å². The van der Waals surface area contributed by atoms with Crippen molar-refractivity contribution in [2.75, 3.05) is 18.5 Å². The molecule has 0 aromatic heterocycles. The summed E-state index contributed by atoms with van der Waals surface area (Å²) in [7, 11) is 0. The molecule has 5 heteroatoms. The number of aryl methyl sites for hydroxylation is 1. The fraction of sp³-hybridized carbons (Fsp3) is 0.500. The topological polar surface area (TPSA) is 75.4 Å². The van der Waals surface area contributed by atoms with E-state index >= 15 is 0 Å². The first-order chi connectivity index (χ1) is 8.06. The summed E-state index contributed by atoms with van der Waals surface area (Å²) in [5.74, 6) is 0. The van der Waals surface area contributed by atoms with Crippen molar-refractivity contribution in [1.29, 1.82) is 0 Å². The van der Waals surface area contributed by atoms with Gasteiger partial charge in [0.25, 0.3) is 5.69 Å².